The molecule has 0 aromatic carbocycles. The van der Waals surface area contributed by atoms with Crippen LogP contribution in [0, 0.1) is 5.92 Å². The topological polar surface area (TPSA) is 58.4 Å². The van der Waals surface area contributed by atoms with E-state index in [4.69, 9.17) is 5.73 Å². The van der Waals surface area contributed by atoms with E-state index >= 15 is 0 Å². The lowest BCUT2D eigenvalue weighted by Crippen LogP contribution is -2.40. The van der Waals surface area contributed by atoms with Gasteiger partial charge in [0.1, 0.15) is 0 Å². The highest BCUT2D eigenvalue weighted by atomic mass is 35.5. The van der Waals surface area contributed by atoms with Crippen LogP contribution < -0.4 is 11.1 Å². The number of nitrogens with zero attached hydrogens (tertiary/aromatic N) is 1. The average Bonchev–Trinajstić information content (AvgIpc) is 2.28. The number of carbonyl (C=O) groups excluding carboxylic acids is 1. The minimum atomic E-state index is -0.0361. The second-order valence-electron chi connectivity index (χ2n) is 4.29. The van der Waals surface area contributed by atoms with E-state index in [1.807, 2.05) is 0 Å². The monoisotopic (exact) mass is 285 g/mol. The number of rotatable bonds is 5. The maximum Gasteiger partial charge on any atom is 0.233 e. The van der Waals surface area contributed by atoms with Gasteiger partial charge in [-0.3, -0.25) is 4.79 Å². The molecule has 1 aliphatic rings. The number of amides is 1. The first kappa shape index (κ1) is 19.3. The third-order valence-electron chi connectivity index (χ3n) is 3.02. The van der Waals surface area contributed by atoms with Crippen LogP contribution in [-0.4, -0.2) is 43.5 Å². The van der Waals surface area contributed by atoms with Gasteiger partial charge >= 0.3 is 0 Å². The summed E-state index contributed by atoms with van der Waals surface area (Å²) in [6.07, 6.45) is 3.63. The lowest BCUT2D eigenvalue weighted by atomic mass is 9.96. The van der Waals surface area contributed by atoms with E-state index < -0.39 is 0 Å². The summed E-state index contributed by atoms with van der Waals surface area (Å²) in [5.74, 6) is 0.611. The van der Waals surface area contributed by atoms with Gasteiger partial charge in [-0.2, -0.15) is 0 Å². The van der Waals surface area contributed by atoms with Crippen molar-refractivity contribution in [2.24, 2.45) is 11.7 Å². The van der Waals surface area contributed by atoms with Crippen molar-refractivity contribution in [3.63, 3.8) is 0 Å². The zero-order valence-electron chi connectivity index (χ0n) is 10.5. The molecule has 17 heavy (non-hydrogen) atoms. The molecule has 4 nitrogen and oxygen atoms in total. The Morgan fingerprint density at radius 3 is 2.41 bits per heavy atom. The molecule has 1 fully saturated rings. The molecule has 1 heterocycles. The second kappa shape index (κ2) is 11.1. The molecule has 0 aliphatic carbocycles. The number of hydrogen-bond acceptors (Lipinski definition) is 3. The summed E-state index contributed by atoms with van der Waals surface area (Å²) >= 11 is 0. The Bertz CT molecular complexity index is 197. The summed E-state index contributed by atoms with van der Waals surface area (Å²) in [5.41, 5.74) is 5.23. The maximum absolute atomic E-state index is 11.0. The Morgan fingerprint density at radius 1 is 1.35 bits per heavy atom. The molecule has 6 heteroatoms. The molecule has 0 radical (unpaired) electrons. The van der Waals surface area contributed by atoms with E-state index in [9.17, 15) is 4.79 Å². The van der Waals surface area contributed by atoms with Gasteiger partial charge in [-0.1, -0.05) is 6.92 Å². The van der Waals surface area contributed by atoms with Crippen molar-refractivity contribution in [1.29, 1.82) is 0 Å². The smallest absolute Gasteiger partial charge is 0.233 e. The minimum Gasteiger partial charge on any atom is -0.355 e. The zero-order valence-corrected chi connectivity index (χ0v) is 12.1. The fraction of sp³-hybridized carbons (Fsp3) is 0.909. The molecule has 0 aromatic rings. The number of nitrogens with one attached hydrogen (secondary N) is 1. The highest BCUT2D eigenvalue weighted by molar-refractivity contribution is 5.85. The summed E-state index contributed by atoms with van der Waals surface area (Å²) in [5, 5.41) is 2.87. The van der Waals surface area contributed by atoms with Gasteiger partial charge in [0, 0.05) is 6.54 Å². The molecule has 0 unspecified atom stereocenters. The van der Waals surface area contributed by atoms with Crippen molar-refractivity contribution < 1.29 is 4.79 Å². The van der Waals surface area contributed by atoms with Crippen molar-refractivity contribution in [3.05, 3.63) is 0 Å². The first-order valence-corrected chi connectivity index (χ1v) is 5.95. The Hall–Kier alpha value is -0.0300. The van der Waals surface area contributed by atoms with Crippen LogP contribution in [-0.2, 0) is 4.79 Å². The third-order valence-corrected chi connectivity index (χ3v) is 3.02. The van der Waals surface area contributed by atoms with E-state index in [0.29, 0.717) is 5.92 Å². The molecule has 104 valence electrons. The Morgan fingerprint density at radius 2 is 1.94 bits per heavy atom. The van der Waals surface area contributed by atoms with Crippen LogP contribution in [0.25, 0.3) is 0 Å². The zero-order chi connectivity index (χ0) is 11.1. The lowest BCUT2D eigenvalue weighted by Gasteiger charge is -2.31. The van der Waals surface area contributed by atoms with Gasteiger partial charge in [-0.25, -0.2) is 0 Å². The fourth-order valence-electron chi connectivity index (χ4n) is 2.06. The molecule has 0 aromatic heterocycles. The van der Waals surface area contributed by atoms with Crippen molar-refractivity contribution in [3.8, 4) is 0 Å². The van der Waals surface area contributed by atoms with Gasteiger partial charge in [-0.05, 0) is 44.8 Å². The maximum atomic E-state index is 11.0. The number of piperidine rings is 1. The number of carbonyl (C=O) groups is 1. The highest BCUT2D eigenvalue weighted by Crippen LogP contribution is 2.16. The van der Waals surface area contributed by atoms with E-state index in [1.54, 1.807) is 0 Å². The Balaban J connectivity index is 0. The molecule has 3 N–H and O–H groups in total. The standard InChI is InChI=1S/C11H23N3O.2ClH/c1-2-5-14-6-3-10(4-7-14)9-13-11(15)8-12;;/h10H,2-9,12H2,1H3,(H,13,15);2*1H. The summed E-state index contributed by atoms with van der Waals surface area (Å²) in [6, 6.07) is 0. The van der Waals surface area contributed by atoms with E-state index in [0.717, 1.165) is 6.54 Å². The number of hydrogen-bond donors (Lipinski definition) is 2. The number of likely N-dealkylation sites (tertiary alicyclic amines) is 1. The van der Waals surface area contributed by atoms with Crippen LogP contribution in [0.5, 0.6) is 0 Å². The van der Waals surface area contributed by atoms with Crippen LogP contribution in [0.2, 0.25) is 0 Å². The highest BCUT2D eigenvalue weighted by Gasteiger charge is 2.18. The Kier molecular flexibility index (Phi) is 12.6. The first-order chi connectivity index (χ1) is 7.26. The van der Waals surface area contributed by atoms with Crippen LogP contribution in [0.4, 0.5) is 0 Å². The average molecular weight is 286 g/mol. The van der Waals surface area contributed by atoms with Gasteiger partial charge in [0.05, 0.1) is 6.54 Å². The lowest BCUT2D eigenvalue weighted by molar-refractivity contribution is -0.119. The van der Waals surface area contributed by atoms with Gasteiger partial charge in [0.2, 0.25) is 5.91 Å². The largest absolute Gasteiger partial charge is 0.355 e. The van der Waals surface area contributed by atoms with Gasteiger partial charge in [0.15, 0.2) is 0 Å². The van der Waals surface area contributed by atoms with Crippen molar-refractivity contribution in [1.82, 2.24) is 10.2 Å². The van der Waals surface area contributed by atoms with Gasteiger partial charge in [-0.15, -0.1) is 24.8 Å². The first-order valence-electron chi connectivity index (χ1n) is 5.95. The molecule has 1 aliphatic heterocycles. The van der Waals surface area contributed by atoms with Gasteiger partial charge < -0.3 is 16.0 Å². The molecule has 0 atom stereocenters. The minimum absolute atomic E-state index is 0. The van der Waals surface area contributed by atoms with E-state index in [1.165, 1.54) is 38.9 Å². The van der Waals surface area contributed by atoms with Crippen molar-refractivity contribution >= 4 is 30.7 Å². The predicted octanol–water partition coefficient (Wildman–Crippen LogP) is 1.03. The summed E-state index contributed by atoms with van der Waals surface area (Å²) in [7, 11) is 0. The quantitative estimate of drug-likeness (QED) is 0.793. The van der Waals surface area contributed by atoms with Crippen LogP contribution in [0.1, 0.15) is 26.2 Å². The van der Waals surface area contributed by atoms with Crippen molar-refractivity contribution in [2.75, 3.05) is 32.7 Å². The molecular weight excluding hydrogens is 261 g/mol. The molecule has 0 saturated carbocycles. The number of halogens is 2. The summed E-state index contributed by atoms with van der Waals surface area (Å²) < 4.78 is 0. The second-order valence-corrected chi connectivity index (χ2v) is 4.29. The van der Waals surface area contributed by atoms with Crippen molar-refractivity contribution in [2.45, 2.75) is 26.2 Å². The van der Waals surface area contributed by atoms with E-state index in [2.05, 4.69) is 17.1 Å². The predicted molar refractivity (Wildman–Crippen MR) is 76.0 cm³/mol. The summed E-state index contributed by atoms with van der Waals surface area (Å²) in [4.78, 5) is 13.5. The fourth-order valence-corrected chi connectivity index (χ4v) is 2.06. The number of nitrogens with two attached hydrogens (primary N) is 1. The summed E-state index contributed by atoms with van der Waals surface area (Å²) in [6.45, 7) is 6.69. The molecule has 1 amide bonds. The molecule has 0 bridgehead atoms. The molecule has 1 rings (SSSR count). The normalized spacial score (nSPS) is 16.8. The SMILES string of the molecule is CCCN1CCC(CNC(=O)CN)CC1.Cl.Cl. The van der Waals surface area contributed by atoms with Crippen LogP contribution >= 0.6 is 24.8 Å². The van der Waals surface area contributed by atoms with E-state index in [-0.39, 0.29) is 37.3 Å². The molecular formula is C11H25Cl2N3O. The molecule has 0 spiro atoms. The van der Waals surface area contributed by atoms with Gasteiger partial charge in [0.25, 0.3) is 0 Å². The van der Waals surface area contributed by atoms with Crippen LogP contribution in [0.15, 0.2) is 0 Å². The Labute approximate surface area is 117 Å². The van der Waals surface area contributed by atoms with Crippen LogP contribution in [0.3, 0.4) is 0 Å². The molecule has 1 saturated heterocycles. The third kappa shape index (κ3) is 7.82.